The highest BCUT2D eigenvalue weighted by Gasteiger charge is 2.30. The van der Waals surface area contributed by atoms with E-state index in [0.29, 0.717) is 29.8 Å². The van der Waals surface area contributed by atoms with Gasteiger partial charge in [0.15, 0.2) is 0 Å². The third-order valence-electron chi connectivity index (χ3n) is 6.44. The van der Waals surface area contributed by atoms with E-state index >= 15 is 0 Å². The molecule has 0 aromatic heterocycles. The Balaban J connectivity index is 1.30. The zero-order valence-corrected chi connectivity index (χ0v) is 20.3. The van der Waals surface area contributed by atoms with E-state index in [-0.39, 0.29) is 0 Å². The molecule has 0 atom stereocenters. The van der Waals surface area contributed by atoms with Gasteiger partial charge in [-0.15, -0.1) is 11.8 Å². The molecule has 174 valence electrons. The third-order valence-corrected chi connectivity index (χ3v) is 9.29. The molecule has 0 spiro atoms. The molecule has 2 aliphatic rings. The summed E-state index contributed by atoms with van der Waals surface area (Å²) >= 11 is 1.69. The van der Waals surface area contributed by atoms with E-state index in [4.69, 9.17) is 4.74 Å². The van der Waals surface area contributed by atoms with Crippen LogP contribution < -0.4 is 14.4 Å². The highest BCUT2D eigenvalue weighted by Crippen LogP contribution is 2.40. The number of sulfonamides is 1. The predicted molar refractivity (Wildman–Crippen MR) is 136 cm³/mol. The van der Waals surface area contributed by atoms with Gasteiger partial charge < -0.3 is 10.1 Å². The Morgan fingerprint density at radius 2 is 1.82 bits per heavy atom. The van der Waals surface area contributed by atoms with Crippen molar-refractivity contribution in [3.8, 4) is 5.75 Å². The predicted octanol–water partition coefficient (Wildman–Crippen LogP) is 5.44. The molecule has 0 radical (unpaired) electrons. The fourth-order valence-electron chi connectivity index (χ4n) is 4.67. The monoisotopic (exact) mass is 482 g/mol. The molecule has 0 amide bonds. The van der Waals surface area contributed by atoms with Crippen molar-refractivity contribution >= 4 is 38.2 Å². The lowest BCUT2D eigenvalue weighted by atomic mass is 10.1. The van der Waals surface area contributed by atoms with E-state index in [1.54, 1.807) is 23.9 Å². The smallest absolute Gasteiger partial charge is 0.264 e. The topological polar surface area (TPSA) is 58.6 Å². The van der Waals surface area contributed by atoms with Gasteiger partial charge in [-0.3, -0.25) is 4.31 Å². The van der Waals surface area contributed by atoms with Gasteiger partial charge >= 0.3 is 0 Å². The van der Waals surface area contributed by atoms with E-state index in [1.165, 1.54) is 30.0 Å². The van der Waals surface area contributed by atoms with Crippen molar-refractivity contribution in [3.05, 3.63) is 60.7 Å². The van der Waals surface area contributed by atoms with Gasteiger partial charge in [-0.1, -0.05) is 43.2 Å². The Morgan fingerprint density at radius 3 is 2.67 bits per heavy atom. The fraction of sp³-hybridized carbons (Fsp3) is 0.385. The van der Waals surface area contributed by atoms with Gasteiger partial charge in [-0.05, 0) is 60.8 Å². The Hall–Kier alpha value is -2.22. The third kappa shape index (κ3) is 5.00. The quantitative estimate of drug-likeness (QED) is 0.433. The van der Waals surface area contributed by atoms with Crippen LogP contribution in [0.15, 0.2) is 70.5 Å². The van der Waals surface area contributed by atoms with E-state index in [0.717, 1.165) is 40.1 Å². The highest BCUT2D eigenvalue weighted by atomic mass is 32.2. The summed E-state index contributed by atoms with van der Waals surface area (Å²) < 4.78 is 34.7. The summed E-state index contributed by atoms with van der Waals surface area (Å²) in [5, 5.41) is 5.56. The molecule has 1 heterocycles. The second-order valence-electron chi connectivity index (χ2n) is 8.70. The van der Waals surface area contributed by atoms with Gasteiger partial charge in [0.2, 0.25) is 0 Å². The minimum absolute atomic E-state index is 0.323. The number of benzene rings is 3. The maximum absolute atomic E-state index is 13.6. The summed E-state index contributed by atoms with van der Waals surface area (Å²) in [7, 11) is -3.67. The molecule has 7 heteroatoms. The first-order valence-electron chi connectivity index (χ1n) is 11.8. The number of anilines is 1. The van der Waals surface area contributed by atoms with Crippen LogP contribution >= 0.6 is 11.8 Å². The maximum Gasteiger partial charge on any atom is 0.264 e. The van der Waals surface area contributed by atoms with Crippen molar-refractivity contribution in [1.29, 1.82) is 0 Å². The number of fused-ring (bicyclic) bond motifs is 2. The molecule has 3 aromatic carbocycles. The van der Waals surface area contributed by atoms with Crippen LogP contribution in [-0.2, 0) is 10.0 Å². The molecule has 0 bridgehead atoms. The summed E-state index contributed by atoms with van der Waals surface area (Å²) in [6.45, 7) is 2.01. The average Bonchev–Trinajstić information content (AvgIpc) is 3.36. The molecule has 5 nitrogen and oxygen atoms in total. The van der Waals surface area contributed by atoms with Crippen molar-refractivity contribution < 1.29 is 13.2 Å². The second-order valence-corrected chi connectivity index (χ2v) is 11.7. The normalized spacial score (nSPS) is 16.8. The molecule has 33 heavy (non-hydrogen) atoms. The first-order chi connectivity index (χ1) is 16.1. The Bertz CT molecular complexity index is 1220. The van der Waals surface area contributed by atoms with Crippen LogP contribution in [-0.4, -0.2) is 39.9 Å². The Kier molecular flexibility index (Phi) is 6.81. The summed E-state index contributed by atoms with van der Waals surface area (Å²) in [6, 6.07) is 19.6. The number of nitrogens with one attached hydrogen (secondary N) is 1. The van der Waals surface area contributed by atoms with E-state index in [2.05, 4.69) is 5.32 Å². The van der Waals surface area contributed by atoms with E-state index < -0.39 is 10.0 Å². The molecule has 3 aromatic rings. The van der Waals surface area contributed by atoms with Gasteiger partial charge in [-0.25, -0.2) is 8.42 Å². The Labute approximate surface area is 200 Å². The molecular formula is C26H30N2O3S2. The largest absolute Gasteiger partial charge is 0.493 e. The summed E-state index contributed by atoms with van der Waals surface area (Å²) in [6.07, 6.45) is 6.16. The molecule has 0 saturated heterocycles. The minimum atomic E-state index is -3.67. The summed E-state index contributed by atoms with van der Waals surface area (Å²) in [4.78, 5) is 1.30. The van der Waals surface area contributed by atoms with Crippen LogP contribution in [0.1, 0.15) is 32.1 Å². The molecular weight excluding hydrogens is 452 g/mol. The zero-order chi connectivity index (χ0) is 22.7. The van der Waals surface area contributed by atoms with Crippen LogP contribution in [0.2, 0.25) is 0 Å². The zero-order valence-electron chi connectivity index (χ0n) is 18.7. The van der Waals surface area contributed by atoms with Crippen LogP contribution in [0.3, 0.4) is 0 Å². The lowest BCUT2D eigenvalue weighted by molar-refractivity contribution is 0.304. The van der Waals surface area contributed by atoms with Gasteiger partial charge in [0.1, 0.15) is 5.75 Å². The van der Waals surface area contributed by atoms with Crippen LogP contribution in [0.4, 0.5) is 5.69 Å². The van der Waals surface area contributed by atoms with Crippen molar-refractivity contribution in [2.24, 2.45) is 0 Å². The highest BCUT2D eigenvalue weighted by molar-refractivity contribution is 8.00. The standard InChI is InChI=1S/C26H30N2O3S2/c29-33(30,24-12-10-20-6-1-2-7-21(20)18-24)28-15-17-32-26-13-11-23(19-25(26)28)31-16-5-14-27-22-8-3-4-9-22/h1-2,6-7,10-13,18-19,22,27H,3-5,8-9,14-17H2. The number of thioether (sulfide) groups is 1. The SMILES string of the molecule is O=S(=O)(c1ccc2ccccc2c1)N1CCSc2ccc(OCCCNC3CCCC3)cc21. The molecule has 1 aliphatic carbocycles. The van der Waals surface area contributed by atoms with Crippen molar-refractivity contribution in [3.63, 3.8) is 0 Å². The van der Waals surface area contributed by atoms with Gasteiger partial charge in [0.25, 0.3) is 10.0 Å². The molecule has 5 rings (SSSR count). The second kappa shape index (κ2) is 9.95. The molecule has 1 N–H and O–H groups in total. The lowest BCUT2D eigenvalue weighted by Gasteiger charge is -2.30. The summed E-state index contributed by atoms with van der Waals surface area (Å²) in [5.74, 6) is 1.45. The van der Waals surface area contributed by atoms with Gasteiger partial charge in [-0.2, -0.15) is 0 Å². The Morgan fingerprint density at radius 1 is 1.00 bits per heavy atom. The average molecular weight is 483 g/mol. The van der Waals surface area contributed by atoms with E-state index in [1.807, 2.05) is 48.5 Å². The first kappa shape index (κ1) is 22.6. The molecule has 1 fully saturated rings. The minimum Gasteiger partial charge on any atom is -0.493 e. The molecule has 1 aliphatic heterocycles. The van der Waals surface area contributed by atoms with Crippen molar-refractivity contribution in [2.45, 2.75) is 47.9 Å². The number of nitrogens with zero attached hydrogens (tertiary/aromatic N) is 1. The molecule has 0 unspecified atom stereocenters. The molecule has 1 saturated carbocycles. The van der Waals surface area contributed by atoms with Crippen molar-refractivity contribution in [2.75, 3.05) is 29.8 Å². The van der Waals surface area contributed by atoms with Crippen LogP contribution in [0.25, 0.3) is 10.8 Å². The van der Waals surface area contributed by atoms with Gasteiger partial charge in [0.05, 0.1) is 17.2 Å². The van der Waals surface area contributed by atoms with Crippen LogP contribution in [0.5, 0.6) is 5.75 Å². The maximum atomic E-state index is 13.6. The number of hydrogen-bond donors (Lipinski definition) is 1. The number of hydrogen-bond acceptors (Lipinski definition) is 5. The summed E-state index contributed by atoms with van der Waals surface area (Å²) in [5.41, 5.74) is 0.709. The first-order valence-corrected chi connectivity index (χ1v) is 14.2. The number of rotatable bonds is 8. The van der Waals surface area contributed by atoms with Crippen LogP contribution in [0, 0.1) is 0 Å². The van der Waals surface area contributed by atoms with E-state index in [9.17, 15) is 8.42 Å². The number of ether oxygens (including phenoxy) is 1. The fourth-order valence-corrected chi connectivity index (χ4v) is 7.33. The van der Waals surface area contributed by atoms with Crippen molar-refractivity contribution in [1.82, 2.24) is 5.32 Å². The lowest BCUT2D eigenvalue weighted by Crippen LogP contribution is -2.35. The van der Waals surface area contributed by atoms with Gasteiger partial charge in [0, 0.05) is 29.3 Å².